The number of pyridine rings is 1. The van der Waals surface area contributed by atoms with E-state index >= 15 is 8.78 Å². The van der Waals surface area contributed by atoms with Crippen molar-refractivity contribution in [3.05, 3.63) is 63.9 Å². The highest BCUT2D eigenvalue weighted by Crippen LogP contribution is 2.39. The molecule has 1 aliphatic carbocycles. The van der Waals surface area contributed by atoms with Crippen LogP contribution in [0.1, 0.15) is 55.4 Å². The quantitative estimate of drug-likeness (QED) is 0.319. The van der Waals surface area contributed by atoms with Gasteiger partial charge in [0.2, 0.25) is 11.3 Å². The van der Waals surface area contributed by atoms with E-state index in [-0.39, 0.29) is 67.1 Å². The predicted octanol–water partition coefficient (Wildman–Crippen LogP) is 3.57. The Labute approximate surface area is 262 Å². The van der Waals surface area contributed by atoms with Crippen LogP contribution in [0.2, 0.25) is 0 Å². The van der Waals surface area contributed by atoms with E-state index in [2.05, 4.69) is 5.32 Å². The average molecular weight is 641 g/mol. The number of aromatic nitrogens is 1. The van der Waals surface area contributed by atoms with Gasteiger partial charge in [0.15, 0.2) is 11.6 Å². The van der Waals surface area contributed by atoms with Crippen molar-refractivity contribution in [1.29, 1.82) is 0 Å². The number of carboxylic acids is 1. The van der Waals surface area contributed by atoms with Crippen LogP contribution in [0.3, 0.4) is 0 Å². The molecule has 3 fully saturated rings. The van der Waals surface area contributed by atoms with E-state index in [1.54, 1.807) is 15.5 Å². The molecule has 1 aromatic heterocycles. The second-order valence-corrected chi connectivity index (χ2v) is 12.2. The molecule has 12 nitrogen and oxygen atoms in total. The Kier molecular flexibility index (Phi) is 8.32. The van der Waals surface area contributed by atoms with Gasteiger partial charge in [0.25, 0.3) is 0 Å². The minimum Gasteiger partial charge on any atom is -0.488 e. The Hall–Kier alpha value is -4.72. The lowest BCUT2D eigenvalue weighted by Crippen LogP contribution is -2.37. The number of hydrogen-bond acceptors (Lipinski definition) is 8. The first-order chi connectivity index (χ1) is 21.9. The minimum absolute atomic E-state index is 0.00672. The van der Waals surface area contributed by atoms with Crippen LogP contribution in [0.5, 0.6) is 5.75 Å². The zero-order valence-electron chi connectivity index (χ0n) is 25.1. The number of carboxylic acid groups (broad SMARTS) is 1. The number of halogens is 2. The van der Waals surface area contributed by atoms with Gasteiger partial charge in [0.05, 0.1) is 30.0 Å². The number of aromatic carboxylic acids is 1. The van der Waals surface area contributed by atoms with Crippen LogP contribution in [0.25, 0.3) is 10.9 Å². The molecule has 2 atom stereocenters. The van der Waals surface area contributed by atoms with Gasteiger partial charge in [0.1, 0.15) is 29.7 Å². The maximum Gasteiger partial charge on any atom is 0.414 e. The van der Waals surface area contributed by atoms with Crippen molar-refractivity contribution >= 4 is 40.2 Å². The van der Waals surface area contributed by atoms with Gasteiger partial charge < -0.3 is 34.5 Å². The van der Waals surface area contributed by atoms with Crippen LogP contribution in [0.15, 0.2) is 41.3 Å². The van der Waals surface area contributed by atoms with Crippen molar-refractivity contribution < 1.29 is 42.9 Å². The molecule has 0 bridgehead atoms. The second-order valence-electron chi connectivity index (χ2n) is 12.2. The van der Waals surface area contributed by atoms with E-state index in [4.69, 9.17) is 9.47 Å². The minimum atomic E-state index is -1.36. The summed E-state index contributed by atoms with van der Waals surface area (Å²) in [5.74, 6) is -3.13. The summed E-state index contributed by atoms with van der Waals surface area (Å²) in [6.45, 7) is 2.06. The number of anilines is 2. The van der Waals surface area contributed by atoms with Gasteiger partial charge >= 0.3 is 12.1 Å². The Bertz CT molecular complexity index is 1780. The average Bonchev–Trinajstić information content (AvgIpc) is 3.81. The molecular formula is C32H34F2N4O8. The molecule has 0 radical (unpaired) electrons. The van der Waals surface area contributed by atoms with Crippen molar-refractivity contribution in [3.63, 3.8) is 0 Å². The number of cyclic esters (lactones) is 1. The third-order valence-electron chi connectivity index (χ3n) is 8.71. The number of rotatable bonds is 9. The lowest BCUT2D eigenvalue weighted by molar-refractivity contribution is -0.119. The third-order valence-corrected chi connectivity index (χ3v) is 8.71. The number of benzene rings is 2. The van der Waals surface area contributed by atoms with Crippen molar-refractivity contribution in [2.45, 2.75) is 56.8 Å². The number of ether oxygens (including phenoxy) is 2. The number of nitrogens with one attached hydrogen (secondary N) is 1. The lowest BCUT2D eigenvalue weighted by Gasteiger charge is -2.28. The van der Waals surface area contributed by atoms with Gasteiger partial charge in [-0.2, -0.15) is 0 Å². The number of nitrogens with zero attached hydrogens (tertiary/aromatic N) is 3. The van der Waals surface area contributed by atoms with Crippen LogP contribution < -0.4 is 25.3 Å². The monoisotopic (exact) mass is 640 g/mol. The van der Waals surface area contributed by atoms with Gasteiger partial charge in [-0.05, 0) is 56.4 Å². The van der Waals surface area contributed by atoms with Crippen LogP contribution >= 0.6 is 0 Å². The van der Waals surface area contributed by atoms with E-state index in [1.165, 1.54) is 30.2 Å². The highest BCUT2D eigenvalue weighted by atomic mass is 19.1. The summed E-state index contributed by atoms with van der Waals surface area (Å²) in [4.78, 5) is 51.0. The van der Waals surface area contributed by atoms with Crippen molar-refractivity contribution in [2.24, 2.45) is 0 Å². The third kappa shape index (κ3) is 6.34. The van der Waals surface area contributed by atoms with Crippen LogP contribution in [-0.2, 0) is 9.53 Å². The summed E-state index contributed by atoms with van der Waals surface area (Å²) < 4.78 is 43.1. The molecule has 3 heterocycles. The molecule has 3 aliphatic rings. The van der Waals surface area contributed by atoms with Crippen molar-refractivity contribution in [2.75, 3.05) is 42.6 Å². The van der Waals surface area contributed by atoms with Crippen molar-refractivity contribution in [3.8, 4) is 5.75 Å². The second kappa shape index (κ2) is 12.2. The highest BCUT2D eigenvalue weighted by Gasteiger charge is 2.35. The number of amides is 2. The van der Waals surface area contributed by atoms with E-state index in [1.807, 2.05) is 0 Å². The molecule has 2 aliphatic heterocycles. The Morgan fingerprint density at radius 3 is 2.59 bits per heavy atom. The summed E-state index contributed by atoms with van der Waals surface area (Å²) in [5, 5.41) is 23.5. The Balaban J connectivity index is 1.13. The smallest absolute Gasteiger partial charge is 0.414 e. The molecule has 2 aromatic carbocycles. The maximum atomic E-state index is 15.4. The fourth-order valence-electron chi connectivity index (χ4n) is 6.06. The predicted molar refractivity (Wildman–Crippen MR) is 163 cm³/mol. The molecule has 46 heavy (non-hydrogen) atoms. The first-order valence-electron chi connectivity index (χ1n) is 15.2. The molecule has 0 spiro atoms. The number of aliphatic hydroxyl groups is 1. The van der Waals surface area contributed by atoms with Gasteiger partial charge in [-0.1, -0.05) is 0 Å². The van der Waals surface area contributed by atoms with Gasteiger partial charge in [0, 0.05) is 43.7 Å². The molecule has 2 saturated heterocycles. The van der Waals surface area contributed by atoms with E-state index in [9.17, 15) is 29.4 Å². The normalized spacial score (nSPS) is 21.7. The number of carbonyl (C=O) groups is 3. The lowest BCUT2D eigenvalue weighted by atomic mass is 9.96. The Morgan fingerprint density at radius 2 is 1.89 bits per heavy atom. The molecule has 1 unspecified atom stereocenters. The molecule has 2 amide bonds. The summed E-state index contributed by atoms with van der Waals surface area (Å²) in [5.41, 5.74) is -1.51. The summed E-state index contributed by atoms with van der Waals surface area (Å²) in [6, 6.07) is 6.71. The topological polar surface area (TPSA) is 151 Å². The summed E-state index contributed by atoms with van der Waals surface area (Å²) >= 11 is 0. The first-order valence-corrected chi connectivity index (χ1v) is 15.2. The molecule has 3 N–H and O–H groups in total. The summed E-state index contributed by atoms with van der Waals surface area (Å²) in [6.07, 6.45) is 2.72. The van der Waals surface area contributed by atoms with Crippen LogP contribution in [0, 0.1) is 11.6 Å². The summed E-state index contributed by atoms with van der Waals surface area (Å²) in [7, 11) is 0. The zero-order chi connectivity index (χ0) is 32.7. The molecule has 244 valence electrons. The standard InChI is InChI=1S/C32H34F2N4O8/c1-18(39)35-14-21-15-38(31(43)46-21)20-5-6-28(25(34)11-20)45-17-32(44)7-2-9-36(10-8-32)27-13-26-22(12-24(27)33)29(40)23(30(41)42)16-37(26)19-3-4-19/h5-6,11-13,16,19,21,44H,2-4,7-10,14-15,17H2,1H3,(H,35,39)(H,41,42)/t21-,32?/m0/s1. The molecule has 14 heteroatoms. The Morgan fingerprint density at radius 1 is 1.11 bits per heavy atom. The number of carbonyl (C=O) groups excluding carboxylic acids is 2. The van der Waals surface area contributed by atoms with Crippen molar-refractivity contribution in [1.82, 2.24) is 9.88 Å². The van der Waals surface area contributed by atoms with Gasteiger partial charge in [-0.15, -0.1) is 0 Å². The first kappa shape index (κ1) is 31.3. The molecule has 1 saturated carbocycles. The van der Waals surface area contributed by atoms with E-state index in [0.29, 0.717) is 24.9 Å². The zero-order valence-corrected chi connectivity index (χ0v) is 25.1. The highest BCUT2D eigenvalue weighted by molar-refractivity contribution is 5.93. The fraction of sp³-hybridized carbons (Fsp3) is 0.438. The number of fused-ring (bicyclic) bond motifs is 1. The van der Waals surface area contributed by atoms with Gasteiger partial charge in [-0.25, -0.2) is 18.4 Å². The van der Waals surface area contributed by atoms with Crippen LogP contribution in [0.4, 0.5) is 25.0 Å². The van der Waals surface area contributed by atoms with Gasteiger partial charge in [-0.3, -0.25) is 14.5 Å². The molecular weight excluding hydrogens is 606 g/mol. The fourth-order valence-corrected chi connectivity index (χ4v) is 6.06. The molecule has 6 rings (SSSR count). The maximum absolute atomic E-state index is 15.4. The molecule has 3 aromatic rings. The number of hydrogen-bond donors (Lipinski definition) is 3. The van der Waals surface area contributed by atoms with E-state index in [0.717, 1.165) is 25.0 Å². The van der Waals surface area contributed by atoms with Crippen LogP contribution in [-0.4, -0.2) is 77.2 Å². The SMILES string of the molecule is CC(=O)NC[C@H]1CN(c2ccc(OCC3(O)CCCN(c4cc5c(cc4F)c(=O)c(C(=O)O)cn5C4CC4)CC3)c(F)c2)C(=O)O1. The van der Waals surface area contributed by atoms with E-state index < -0.39 is 46.4 Å². The largest absolute Gasteiger partial charge is 0.488 e.